The van der Waals surface area contributed by atoms with Crippen molar-refractivity contribution < 1.29 is 13.7 Å². The lowest BCUT2D eigenvalue weighted by molar-refractivity contribution is -0.385. The van der Waals surface area contributed by atoms with Crippen molar-refractivity contribution in [2.75, 3.05) is 6.54 Å². The molecule has 1 rings (SSSR count). The van der Waals surface area contributed by atoms with Gasteiger partial charge in [-0.15, -0.1) is 0 Å². The average molecular weight is 203 g/mol. The summed E-state index contributed by atoms with van der Waals surface area (Å²) < 4.78 is 25.7. The first-order chi connectivity index (χ1) is 6.47. The Hall–Kier alpha value is -1.63. The quantitative estimate of drug-likeness (QED) is 0.587. The zero-order valence-corrected chi connectivity index (χ0v) is 6.98. The predicted molar refractivity (Wildman–Crippen MR) is 43.8 cm³/mol. The number of pyridine rings is 1. The minimum atomic E-state index is -3.24. The van der Waals surface area contributed by atoms with Crippen molar-refractivity contribution in [2.45, 2.75) is 5.92 Å². The molecule has 0 fully saturated rings. The van der Waals surface area contributed by atoms with E-state index < -0.39 is 23.1 Å². The minimum Gasteiger partial charge on any atom is -0.325 e. The van der Waals surface area contributed by atoms with Gasteiger partial charge >= 0.3 is 5.92 Å². The van der Waals surface area contributed by atoms with Crippen LogP contribution in [0, 0.1) is 10.1 Å². The number of nitrogens with two attached hydrogens (primary N) is 1. The molecule has 1 aromatic heterocycles. The molecule has 0 aliphatic heterocycles. The summed E-state index contributed by atoms with van der Waals surface area (Å²) in [6.45, 7) is -0.877. The van der Waals surface area contributed by atoms with Crippen molar-refractivity contribution in [3.63, 3.8) is 0 Å². The number of hydrogen-bond acceptors (Lipinski definition) is 4. The van der Waals surface area contributed by atoms with Crippen LogP contribution in [-0.2, 0) is 5.92 Å². The third-order valence-corrected chi connectivity index (χ3v) is 1.59. The van der Waals surface area contributed by atoms with E-state index in [0.717, 1.165) is 18.3 Å². The number of hydrogen-bond donors (Lipinski definition) is 1. The van der Waals surface area contributed by atoms with E-state index >= 15 is 0 Å². The maximum atomic E-state index is 12.9. The summed E-state index contributed by atoms with van der Waals surface area (Å²) >= 11 is 0. The molecule has 14 heavy (non-hydrogen) atoms. The Morgan fingerprint density at radius 1 is 1.57 bits per heavy atom. The fourth-order valence-corrected chi connectivity index (χ4v) is 0.815. The molecule has 1 heterocycles. The second kappa shape index (κ2) is 3.62. The normalized spacial score (nSPS) is 11.4. The van der Waals surface area contributed by atoms with E-state index in [2.05, 4.69) is 4.98 Å². The van der Waals surface area contributed by atoms with Crippen LogP contribution in [0.4, 0.5) is 14.5 Å². The van der Waals surface area contributed by atoms with Gasteiger partial charge in [0.15, 0.2) is 0 Å². The van der Waals surface area contributed by atoms with Gasteiger partial charge in [-0.2, -0.15) is 8.78 Å². The summed E-state index contributed by atoms with van der Waals surface area (Å²) in [7, 11) is 0. The highest BCUT2D eigenvalue weighted by Crippen LogP contribution is 2.25. The Morgan fingerprint density at radius 3 is 2.57 bits per heavy atom. The summed E-state index contributed by atoms with van der Waals surface area (Å²) in [5.41, 5.74) is 3.92. The Kier molecular flexibility index (Phi) is 2.70. The lowest BCUT2D eigenvalue weighted by Crippen LogP contribution is -2.26. The first-order valence-electron chi connectivity index (χ1n) is 3.66. The van der Waals surface area contributed by atoms with Crippen molar-refractivity contribution in [3.8, 4) is 0 Å². The van der Waals surface area contributed by atoms with Crippen LogP contribution in [0.25, 0.3) is 0 Å². The van der Waals surface area contributed by atoms with Crippen LogP contribution >= 0.6 is 0 Å². The molecule has 0 saturated carbocycles. The first-order valence-corrected chi connectivity index (χ1v) is 3.66. The van der Waals surface area contributed by atoms with Crippen LogP contribution in [0.5, 0.6) is 0 Å². The van der Waals surface area contributed by atoms with E-state index in [-0.39, 0.29) is 5.69 Å². The molecule has 0 bridgehead atoms. The maximum absolute atomic E-state index is 12.9. The molecular weight excluding hydrogens is 196 g/mol. The fraction of sp³-hybridized carbons (Fsp3) is 0.286. The van der Waals surface area contributed by atoms with Gasteiger partial charge in [-0.3, -0.25) is 10.1 Å². The third kappa shape index (κ3) is 1.99. The summed E-state index contributed by atoms with van der Waals surface area (Å²) in [5.74, 6) is -3.24. The Labute approximate surface area is 77.7 Å². The van der Waals surface area contributed by atoms with Crippen molar-refractivity contribution in [3.05, 3.63) is 34.1 Å². The molecule has 5 nitrogen and oxygen atoms in total. The van der Waals surface area contributed by atoms with Gasteiger partial charge in [-0.1, -0.05) is 0 Å². The summed E-state index contributed by atoms with van der Waals surface area (Å²) in [4.78, 5) is 12.7. The van der Waals surface area contributed by atoms with Crippen molar-refractivity contribution in [1.29, 1.82) is 0 Å². The molecule has 0 saturated heterocycles. The van der Waals surface area contributed by atoms with E-state index in [1.54, 1.807) is 0 Å². The summed E-state index contributed by atoms with van der Waals surface area (Å²) in [5, 5.41) is 10.2. The molecule has 0 amide bonds. The SMILES string of the molecule is NCC(F)(F)c1ccc([N+](=O)[O-])cn1. The molecule has 76 valence electrons. The molecule has 0 atom stereocenters. The Bertz CT molecular complexity index is 339. The highest BCUT2D eigenvalue weighted by Gasteiger charge is 2.31. The fourth-order valence-electron chi connectivity index (χ4n) is 0.815. The van der Waals surface area contributed by atoms with Gasteiger partial charge in [0.1, 0.15) is 11.9 Å². The van der Waals surface area contributed by atoms with Crippen LogP contribution in [0.3, 0.4) is 0 Å². The van der Waals surface area contributed by atoms with Gasteiger partial charge in [0.2, 0.25) is 0 Å². The zero-order valence-electron chi connectivity index (χ0n) is 6.98. The highest BCUT2D eigenvalue weighted by atomic mass is 19.3. The number of nitro groups is 1. The molecule has 0 unspecified atom stereocenters. The molecule has 0 spiro atoms. The average Bonchev–Trinajstić information content (AvgIpc) is 2.18. The minimum absolute atomic E-state index is 0.332. The standard InChI is InChI=1S/C7H7F2N3O2/c8-7(9,4-10)6-2-1-5(3-11-6)12(13)14/h1-3H,4,10H2. The van der Waals surface area contributed by atoms with Crippen LogP contribution in [0.1, 0.15) is 5.69 Å². The molecule has 0 aliphatic rings. The van der Waals surface area contributed by atoms with Crippen LogP contribution in [0.2, 0.25) is 0 Å². The van der Waals surface area contributed by atoms with Gasteiger partial charge in [0, 0.05) is 6.07 Å². The molecule has 0 aromatic carbocycles. The molecule has 2 N–H and O–H groups in total. The molecule has 0 radical (unpaired) electrons. The number of rotatable bonds is 3. The number of alkyl halides is 2. The van der Waals surface area contributed by atoms with E-state index in [4.69, 9.17) is 5.73 Å². The molecule has 1 aromatic rings. The molecule has 7 heteroatoms. The second-order valence-electron chi connectivity index (χ2n) is 2.57. The first kappa shape index (κ1) is 10.5. The van der Waals surface area contributed by atoms with Crippen molar-refractivity contribution in [2.24, 2.45) is 5.73 Å². The topological polar surface area (TPSA) is 82.0 Å². The smallest absolute Gasteiger partial charge is 0.301 e. The molecule has 0 aliphatic carbocycles. The maximum Gasteiger partial charge on any atom is 0.301 e. The van der Waals surface area contributed by atoms with E-state index in [0.29, 0.717) is 0 Å². The van der Waals surface area contributed by atoms with Crippen LogP contribution < -0.4 is 5.73 Å². The number of aromatic nitrogens is 1. The van der Waals surface area contributed by atoms with E-state index in [1.165, 1.54) is 0 Å². The monoisotopic (exact) mass is 203 g/mol. The van der Waals surface area contributed by atoms with Gasteiger partial charge in [-0.25, -0.2) is 4.98 Å². The van der Waals surface area contributed by atoms with Gasteiger partial charge in [0.05, 0.1) is 11.5 Å². The van der Waals surface area contributed by atoms with Gasteiger partial charge in [-0.05, 0) is 6.07 Å². The molecular formula is C7H7F2N3O2. The summed E-state index contributed by atoms with van der Waals surface area (Å²) in [6, 6.07) is 1.86. The van der Waals surface area contributed by atoms with Crippen molar-refractivity contribution in [1.82, 2.24) is 4.98 Å². The lowest BCUT2D eigenvalue weighted by atomic mass is 10.2. The predicted octanol–water partition coefficient (Wildman–Crippen LogP) is 1.04. The second-order valence-corrected chi connectivity index (χ2v) is 2.57. The van der Waals surface area contributed by atoms with Gasteiger partial charge in [0.25, 0.3) is 5.69 Å². The largest absolute Gasteiger partial charge is 0.325 e. The van der Waals surface area contributed by atoms with Crippen molar-refractivity contribution >= 4 is 5.69 Å². The van der Waals surface area contributed by atoms with E-state index in [9.17, 15) is 18.9 Å². The number of nitrogens with zero attached hydrogens (tertiary/aromatic N) is 2. The summed E-state index contributed by atoms with van der Waals surface area (Å²) in [6.07, 6.45) is 0.777. The number of halogens is 2. The van der Waals surface area contributed by atoms with E-state index in [1.807, 2.05) is 0 Å². The third-order valence-electron chi connectivity index (χ3n) is 1.59. The van der Waals surface area contributed by atoms with Crippen LogP contribution in [-0.4, -0.2) is 16.5 Å². The van der Waals surface area contributed by atoms with Crippen LogP contribution in [0.15, 0.2) is 18.3 Å². The van der Waals surface area contributed by atoms with Gasteiger partial charge < -0.3 is 5.73 Å². The highest BCUT2D eigenvalue weighted by molar-refractivity contribution is 5.28. The lowest BCUT2D eigenvalue weighted by Gasteiger charge is -2.11. The Morgan fingerprint density at radius 2 is 2.21 bits per heavy atom. The zero-order chi connectivity index (χ0) is 10.8. The Balaban J connectivity index is 2.99.